The number of rotatable bonds is 4. The van der Waals surface area contributed by atoms with Gasteiger partial charge in [0.2, 0.25) is 0 Å². The average molecular weight is 221 g/mol. The molecule has 1 N–H and O–H groups in total. The summed E-state index contributed by atoms with van der Waals surface area (Å²) in [6.45, 7) is 5.37. The van der Waals surface area contributed by atoms with E-state index in [0.717, 1.165) is 5.69 Å². The number of nitrogens with zero attached hydrogens (tertiary/aromatic N) is 1. The molecule has 3 heteroatoms. The predicted molar refractivity (Wildman–Crippen MR) is 67.3 cm³/mol. The maximum atomic E-state index is 5.99. The molecule has 0 radical (unpaired) electrons. The van der Waals surface area contributed by atoms with Crippen molar-refractivity contribution >= 4 is 24.0 Å². The van der Waals surface area contributed by atoms with Gasteiger partial charge in [-0.2, -0.15) is 0 Å². The van der Waals surface area contributed by atoms with Crippen LogP contribution in [0.3, 0.4) is 0 Å². The largest absolute Gasteiger partial charge is 0.339 e. The van der Waals surface area contributed by atoms with E-state index in [2.05, 4.69) is 17.0 Å². The Labute approximate surface area is 95.0 Å². The van der Waals surface area contributed by atoms with Crippen LogP contribution in [-0.4, -0.2) is 6.72 Å². The molecule has 0 aliphatic rings. The van der Waals surface area contributed by atoms with Crippen molar-refractivity contribution in [3.8, 4) is 0 Å². The van der Waals surface area contributed by atoms with Gasteiger partial charge in [-0.15, -0.1) is 0 Å². The van der Waals surface area contributed by atoms with Crippen LogP contribution < -0.4 is 5.32 Å². The van der Waals surface area contributed by atoms with Crippen molar-refractivity contribution in [2.75, 3.05) is 5.32 Å². The predicted octanol–water partition coefficient (Wildman–Crippen LogP) is 3.78. The van der Waals surface area contributed by atoms with Gasteiger partial charge in [-0.05, 0) is 31.9 Å². The first-order valence-corrected chi connectivity index (χ1v) is 4.97. The maximum absolute atomic E-state index is 5.99. The van der Waals surface area contributed by atoms with E-state index in [1.54, 1.807) is 6.08 Å². The summed E-state index contributed by atoms with van der Waals surface area (Å²) < 4.78 is 0. The maximum Gasteiger partial charge on any atom is 0.148 e. The monoisotopic (exact) mass is 220 g/mol. The average Bonchev–Trinajstić information content (AvgIpc) is 2.27. The number of hydrogen-bond acceptors (Lipinski definition) is 2. The highest BCUT2D eigenvalue weighted by molar-refractivity contribution is 6.31. The van der Waals surface area contributed by atoms with Gasteiger partial charge in [-0.1, -0.05) is 35.9 Å². The fourth-order valence-electron chi connectivity index (χ4n) is 1.06. The third-order valence-corrected chi connectivity index (χ3v) is 2.04. The zero-order chi connectivity index (χ0) is 11.1. The van der Waals surface area contributed by atoms with Gasteiger partial charge in [0.1, 0.15) is 5.82 Å². The Balaban J connectivity index is 2.87. The Kier molecular flexibility index (Phi) is 4.64. The molecular weight excluding hydrogens is 208 g/mol. The molecular formula is C12H13ClN2. The summed E-state index contributed by atoms with van der Waals surface area (Å²) in [5, 5.41) is 3.62. The first-order chi connectivity index (χ1) is 7.27. The third-order valence-electron chi connectivity index (χ3n) is 1.73. The van der Waals surface area contributed by atoms with Gasteiger partial charge in [-0.25, -0.2) is 4.99 Å². The molecule has 0 saturated carbocycles. The molecule has 1 aromatic carbocycles. The second kappa shape index (κ2) is 6.04. The topological polar surface area (TPSA) is 24.4 Å². The van der Waals surface area contributed by atoms with Crippen molar-refractivity contribution in [2.24, 2.45) is 4.99 Å². The van der Waals surface area contributed by atoms with Gasteiger partial charge in [-0.3, -0.25) is 0 Å². The molecule has 15 heavy (non-hydrogen) atoms. The van der Waals surface area contributed by atoms with Gasteiger partial charge >= 0.3 is 0 Å². The van der Waals surface area contributed by atoms with Gasteiger partial charge in [0, 0.05) is 5.69 Å². The fourth-order valence-corrected chi connectivity index (χ4v) is 1.29. The van der Waals surface area contributed by atoms with Crippen molar-refractivity contribution in [3.63, 3.8) is 0 Å². The Morgan fingerprint density at radius 2 is 2.07 bits per heavy atom. The molecule has 2 nitrogen and oxygen atoms in total. The highest BCUT2D eigenvalue weighted by Gasteiger charge is 1.99. The van der Waals surface area contributed by atoms with Crippen molar-refractivity contribution in [1.29, 1.82) is 0 Å². The summed E-state index contributed by atoms with van der Waals surface area (Å²) in [7, 11) is 0. The van der Waals surface area contributed by atoms with Crippen molar-refractivity contribution in [3.05, 3.63) is 53.3 Å². The standard InChI is InChI=1S/C12H13ClN2/c1-3-7-11(13)12(14-2)15-10-8-5-4-6-9-10/h3-9,15H,2H2,1H3/b7-3-,12-11-. The molecule has 78 valence electrons. The van der Waals surface area contributed by atoms with Crippen LogP contribution in [0.4, 0.5) is 5.69 Å². The number of anilines is 1. The lowest BCUT2D eigenvalue weighted by Gasteiger charge is -2.06. The SMILES string of the molecule is C=N/C(Nc1ccccc1)=C(Cl)\C=C/C. The van der Waals surface area contributed by atoms with Crippen LogP contribution in [0.15, 0.2) is 58.3 Å². The molecule has 0 fully saturated rings. The van der Waals surface area contributed by atoms with E-state index in [-0.39, 0.29) is 0 Å². The second-order valence-corrected chi connectivity index (χ2v) is 3.25. The lowest BCUT2D eigenvalue weighted by molar-refractivity contribution is 1.31. The van der Waals surface area contributed by atoms with Gasteiger partial charge in [0.05, 0.1) is 5.03 Å². The van der Waals surface area contributed by atoms with Crippen LogP contribution in [-0.2, 0) is 0 Å². The summed E-state index contributed by atoms with van der Waals surface area (Å²) in [6, 6.07) is 9.69. The summed E-state index contributed by atoms with van der Waals surface area (Å²) in [5.74, 6) is 0.556. The Hall–Kier alpha value is -1.54. The summed E-state index contributed by atoms with van der Waals surface area (Å²) >= 11 is 5.99. The van der Waals surface area contributed by atoms with Crippen molar-refractivity contribution in [1.82, 2.24) is 0 Å². The van der Waals surface area contributed by atoms with E-state index in [0.29, 0.717) is 10.9 Å². The molecule has 0 aliphatic heterocycles. The second-order valence-electron chi connectivity index (χ2n) is 2.85. The molecule has 0 heterocycles. The number of aliphatic imine (C=N–C) groups is 1. The molecule has 0 unspecified atom stereocenters. The first-order valence-electron chi connectivity index (χ1n) is 4.59. The lowest BCUT2D eigenvalue weighted by Crippen LogP contribution is -1.97. The minimum atomic E-state index is 0.538. The number of para-hydroxylation sites is 1. The van der Waals surface area contributed by atoms with E-state index in [9.17, 15) is 0 Å². The van der Waals surface area contributed by atoms with Gasteiger partial charge in [0.25, 0.3) is 0 Å². The summed E-state index contributed by atoms with van der Waals surface area (Å²) in [6.07, 6.45) is 3.61. The molecule has 0 atom stereocenters. The van der Waals surface area contributed by atoms with Crippen molar-refractivity contribution in [2.45, 2.75) is 6.92 Å². The molecule has 0 bridgehead atoms. The van der Waals surface area contributed by atoms with Crippen LogP contribution in [0.1, 0.15) is 6.92 Å². The molecule has 1 rings (SSSR count). The summed E-state index contributed by atoms with van der Waals surface area (Å²) in [5.41, 5.74) is 0.933. The Morgan fingerprint density at radius 3 is 2.60 bits per heavy atom. The minimum absolute atomic E-state index is 0.538. The van der Waals surface area contributed by atoms with Crippen LogP contribution in [0.5, 0.6) is 0 Å². The molecule has 0 saturated heterocycles. The summed E-state index contributed by atoms with van der Waals surface area (Å²) in [4.78, 5) is 3.84. The number of allylic oxidation sites excluding steroid dienone is 3. The third kappa shape index (κ3) is 3.60. The molecule has 1 aromatic rings. The van der Waals surface area contributed by atoms with E-state index in [1.807, 2.05) is 43.3 Å². The minimum Gasteiger partial charge on any atom is -0.339 e. The Bertz CT molecular complexity index is 380. The van der Waals surface area contributed by atoms with Crippen LogP contribution in [0.25, 0.3) is 0 Å². The number of halogens is 1. The molecule has 0 aromatic heterocycles. The quantitative estimate of drug-likeness (QED) is 0.606. The van der Waals surface area contributed by atoms with E-state index >= 15 is 0 Å². The molecule has 0 aliphatic carbocycles. The zero-order valence-electron chi connectivity index (χ0n) is 8.57. The number of hydrogen-bond donors (Lipinski definition) is 1. The van der Waals surface area contributed by atoms with Crippen molar-refractivity contribution < 1.29 is 0 Å². The smallest absolute Gasteiger partial charge is 0.148 e. The fraction of sp³-hybridized carbons (Fsp3) is 0.0833. The van der Waals surface area contributed by atoms with Crippen LogP contribution >= 0.6 is 11.6 Å². The van der Waals surface area contributed by atoms with Gasteiger partial charge in [0.15, 0.2) is 0 Å². The van der Waals surface area contributed by atoms with Crippen LogP contribution in [0.2, 0.25) is 0 Å². The van der Waals surface area contributed by atoms with E-state index in [4.69, 9.17) is 11.6 Å². The molecule has 0 spiro atoms. The van der Waals surface area contributed by atoms with Crippen LogP contribution in [0, 0.1) is 0 Å². The number of benzene rings is 1. The van der Waals surface area contributed by atoms with E-state index < -0.39 is 0 Å². The van der Waals surface area contributed by atoms with Gasteiger partial charge < -0.3 is 5.32 Å². The molecule has 0 amide bonds. The highest BCUT2D eigenvalue weighted by Crippen LogP contribution is 2.16. The zero-order valence-corrected chi connectivity index (χ0v) is 9.33. The highest BCUT2D eigenvalue weighted by atomic mass is 35.5. The normalized spacial score (nSPS) is 12.4. The first kappa shape index (κ1) is 11.5. The Morgan fingerprint density at radius 1 is 1.40 bits per heavy atom. The number of nitrogens with one attached hydrogen (secondary N) is 1. The van der Waals surface area contributed by atoms with E-state index in [1.165, 1.54) is 0 Å². The lowest BCUT2D eigenvalue weighted by atomic mass is 10.3.